The van der Waals surface area contributed by atoms with E-state index in [1.54, 1.807) is 0 Å². The SMILES string of the molecule is CC(CN1CCCCC1)NC(=O)C(N)CC1CCCCC1. The van der Waals surface area contributed by atoms with Crippen LogP contribution in [-0.4, -0.2) is 42.5 Å². The first kappa shape index (κ1) is 16.8. The summed E-state index contributed by atoms with van der Waals surface area (Å²) in [5.74, 6) is 0.710. The molecule has 21 heavy (non-hydrogen) atoms. The number of hydrogen-bond acceptors (Lipinski definition) is 3. The van der Waals surface area contributed by atoms with Crippen molar-refractivity contribution in [2.45, 2.75) is 76.8 Å². The second-order valence-electron chi connectivity index (χ2n) is 7.12. The molecular weight excluding hydrogens is 262 g/mol. The Morgan fingerprint density at radius 2 is 1.76 bits per heavy atom. The molecule has 2 aliphatic rings. The summed E-state index contributed by atoms with van der Waals surface area (Å²) in [7, 11) is 0. The standard InChI is InChI=1S/C17H33N3O/c1-14(13-20-10-6-3-7-11-20)19-17(21)16(18)12-15-8-4-2-5-9-15/h14-16H,2-13,18H2,1H3,(H,19,21). The Bertz CT molecular complexity index is 309. The van der Waals surface area contributed by atoms with Crippen LogP contribution >= 0.6 is 0 Å². The molecule has 2 atom stereocenters. The van der Waals surface area contributed by atoms with Crippen molar-refractivity contribution < 1.29 is 4.79 Å². The van der Waals surface area contributed by atoms with E-state index in [1.807, 2.05) is 0 Å². The summed E-state index contributed by atoms with van der Waals surface area (Å²) in [6.45, 7) is 5.41. The van der Waals surface area contributed by atoms with Crippen LogP contribution in [0.3, 0.4) is 0 Å². The van der Waals surface area contributed by atoms with E-state index in [1.165, 1.54) is 64.5 Å². The number of rotatable bonds is 6. The van der Waals surface area contributed by atoms with Gasteiger partial charge in [0.25, 0.3) is 0 Å². The Labute approximate surface area is 129 Å². The molecule has 1 heterocycles. The summed E-state index contributed by atoms with van der Waals surface area (Å²) < 4.78 is 0. The fourth-order valence-corrected chi connectivity index (χ4v) is 3.81. The Kier molecular flexibility index (Phi) is 6.97. The molecule has 1 aliphatic carbocycles. The van der Waals surface area contributed by atoms with Gasteiger partial charge in [-0.05, 0) is 45.2 Å². The predicted molar refractivity (Wildman–Crippen MR) is 87.1 cm³/mol. The molecule has 4 nitrogen and oxygen atoms in total. The zero-order chi connectivity index (χ0) is 15.1. The fraction of sp³-hybridized carbons (Fsp3) is 0.941. The van der Waals surface area contributed by atoms with Gasteiger partial charge in [-0.15, -0.1) is 0 Å². The Hall–Kier alpha value is -0.610. The second-order valence-corrected chi connectivity index (χ2v) is 7.12. The maximum absolute atomic E-state index is 12.2. The minimum atomic E-state index is -0.322. The number of piperidine rings is 1. The van der Waals surface area contributed by atoms with Crippen LogP contribution in [0, 0.1) is 5.92 Å². The number of amides is 1. The smallest absolute Gasteiger partial charge is 0.237 e. The highest BCUT2D eigenvalue weighted by atomic mass is 16.2. The third kappa shape index (κ3) is 5.95. The molecule has 0 aromatic rings. The predicted octanol–water partition coefficient (Wildman–Crippen LogP) is 2.27. The van der Waals surface area contributed by atoms with Crippen LogP contribution < -0.4 is 11.1 Å². The number of hydrogen-bond donors (Lipinski definition) is 2. The average molecular weight is 295 g/mol. The van der Waals surface area contributed by atoms with Crippen molar-refractivity contribution in [3.8, 4) is 0 Å². The topological polar surface area (TPSA) is 58.4 Å². The molecule has 4 heteroatoms. The molecule has 1 saturated carbocycles. The lowest BCUT2D eigenvalue weighted by atomic mass is 9.85. The third-order valence-electron chi connectivity index (χ3n) is 5.02. The van der Waals surface area contributed by atoms with Gasteiger partial charge in [0.15, 0.2) is 0 Å². The van der Waals surface area contributed by atoms with E-state index in [0.29, 0.717) is 5.92 Å². The highest BCUT2D eigenvalue weighted by Crippen LogP contribution is 2.26. The number of likely N-dealkylation sites (tertiary alicyclic amines) is 1. The van der Waals surface area contributed by atoms with Crippen molar-refractivity contribution in [1.82, 2.24) is 10.2 Å². The molecule has 0 bridgehead atoms. The summed E-state index contributed by atoms with van der Waals surface area (Å²) in [5.41, 5.74) is 6.10. The van der Waals surface area contributed by atoms with E-state index in [-0.39, 0.29) is 18.0 Å². The summed E-state index contributed by atoms with van der Waals surface area (Å²) in [6.07, 6.45) is 11.3. The van der Waals surface area contributed by atoms with Crippen molar-refractivity contribution >= 4 is 5.91 Å². The lowest BCUT2D eigenvalue weighted by molar-refractivity contribution is -0.123. The molecule has 0 radical (unpaired) electrons. The Morgan fingerprint density at radius 1 is 1.14 bits per heavy atom. The zero-order valence-corrected chi connectivity index (χ0v) is 13.7. The number of carbonyl (C=O) groups is 1. The van der Waals surface area contributed by atoms with Crippen molar-refractivity contribution in [3.05, 3.63) is 0 Å². The minimum Gasteiger partial charge on any atom is -0.351 e. The van der Waals surface area contributed by atoms with Gasteiger partial charge in [0, 0.05) is 12.6 Å². The fourth-order valence-electron chi connectivity index (χ4n) is 3.81. The molecule has 2 fully saturated rings. The Balaban J connectivity index is 1.66. The maximum atomic E-state index is 12.2. The van der Waals surface area contributed by atoms with Gasteiger partial charge in [0.2, 0.25) is 5.91 Å². The first-order chi connectivity index (χ1) is 10.1. The van der Waals surface area contributed by atoms with Crippen LogP contribution in [0.25, 0.3) is 0 Å². The first-order valence-corrected chi connectivity index (χ1v) is 8.93. The number of nitrogens with zero attached hydrogens (tertiary/aromatic N) is 1. The van der Waals surface area contributed by atoms with Crippen LogP contribution in [0.1, 0.15) is 64.7 Å². The zero-order valence-electron chi connectivity index (χ0n) is 13.7. The molecule has 0 aromatic heterocycles. The molecule has 3 N–H and O–H groups in total. The third-order valence-corrected chi connectivity index (χ3v) is 5.02. The molecule has 2 rings (SSSR count). The molecule has 0 spiro atoms. The van der Waals surface area contributed by atoms with Gasteiger partial charge < -0.3 is 16.0 Å². The average Bonchev–Trinajstić information content (AvgIpc) is 2.49. The van der Waals surface area contributed by atoms with Gasteiger partial charge >= 0.3 is 0 Å². The van der Waals surface area contributed by atoms with E-state index in [2.05, 4.69) is 17.1 Å². The van der Waals surface area contributed by atoms with E-state index in [0.717, 1.165) is 13.0 Å². The van der Waals surface area contributed by atoms with Gasteiger partial charge in [-0.25, -0.2) is 0 Å². The van der Waals surface area contributed by atoms with Gasteiger partial charge in [-0.1, -0.05) is 38.5 Å². The molecule has 1 aliphatic heterocycles. The van der Waals surface area contributed by atoms with Crippen LogP contribution in [0.2, 0.25) is 0 Å². The van der Waals surface area contributed by atoms with Crippen molar-refractivity contribution in [1.29, 1.82) is 0 Å². The van der Waals surface area contributed by atoms with Gasteiger partial charge in [0.1, 0.15) is 0 Å². The highest BCUT2D eigenvalue weighted by Gasteiger charge is 2.23. The molecule has 1 amide bonds. The second kappa shape index (κ2) is 8.74. The summed E-state index contributed by atoms with van der Waals surface area (Å²) >= 11 is 0. The van der Waals surface area contributed by atoms with Crippen LogP contribution in [0.4, 0.5) is 0 Å². The summed E-state index contributed by atoms with van der Waals surface area (Å²) in [5, 5.41) is 3.11. The van der Waals surface area contributed by atoms with Crippen molar-refractivity contribution in [2.24, 2.45) is 11.7 Å². The van der Waals surface area contributed by atoms with E-state index in [9.17, 15) is 4.79 Å². The molecule has 1 saturated heterocycles. The van der Waals surface area contributed by atoms with Crippen LogP contribution in [-0.2, 0) is 4.79 Å². The highest BCUT2D eigenvalue weighted by molar-refractivity contribution is 5.81. The van der Waals surface area contributed by atoms with E-state index < -0.39 is 0 Å². The summed E-state index contributed by atoms with van der Waals surface area (Å²) in [4.78, 5) is 14.7. The van der Waals surface area contributed by atoms with E-state index in [4.69, 9.17) is 5.73 Å². The summed E-state index contributed by atoms with van der Waals surface area (Å²) in [6, 6.07) is -0.120. The monoisotopic (exact) mass is 295 g/mol. The Morgan fingerprint density at radius 3 is 2.43 bits per heavy atom. The van der Waals surface area contributed by atoms with Crippen LogP contribution in [0.5, 0.6) is 0 Å². The minimum absolute atomic E-state index is 0.0464. The maximum Gasteiger partial charge on any atom is 0.237 e. The molecular formula is C17H33N3O. The largest absolute Gasteiger partial charge is 0.351 e. The number of nitrogens with two attached hydrogens (primary N) is 1. The lowest BCUT2D eigenvalue weighted by Crippen LogP contribution is -2.49. The van der Waals surface area contributed by atoms with Gasteiger partial charge in [0.05, 0.1) is 6.04 Å². The lowest BCUT2D eigenvalue weighted by Gasteiger charge is -2.30. The normalized spacial score (nSPS) is 24.5. The van der Waals surface area contributed by atoms with Gasteiger partial charge in [-0.2, -0.15) is 0 Å². The number of carbonyl (C=O) groups excluding carboxylic acids is 1. The van der Waals surface area contributed by atoms with Crippen molar-refractivity contribution in [2.75, 3.05) is 19.6 Å². The van der Waals surface area contributed by atoms with E-state index >= 15 is 0 Å². The molecule has 0 aromatic carbocycles. The van der Waals surface area contributed by atoms with Crippen LogP contribution in [0.15, 0.2) is 0 Å². The number of nitrogens with one attached hydrogen (secondary N) is 1. The molecule has 122 valence electrons. The first-order valence-electron chi connectivity index (χ1n) is 8.93. The quantitative estimate of drug-likeness (QED) is 0.790. The molecule has 2 unspecified atom stereocenters. The van der Waals surface area contributed by atoms with Gasteiger partial charge in [-0.3, -0.25) is 4.79 Å². The van der Waals surface area contributed by atoms with Crippen molar-refractivity contribution in [3.63, 3.8) is 0 Å².